The largest absolute Gasteiger partial charge is 0.434 e. The van der Waals surface area contributed by atoms with Crippen molar-refractivity contribution in [1.29, 1.82) is 0 Å². The van der Waals surface area contributed by atoms with Gasteiger partial charge in [0.05, 0.1) is 21.7 Å². The number of hydrogen-bond acceptors (Lipinski definition) is 5. The zero-order valence-electron chi connectivity index (χ0n) is 16.8. The molecule has 0 radical (unpaired) electrons. The molecule has 0 aliphatic rings. The SMILES string of the molecule is COn1c(=O)c2c(-c3c(F)cccc3Cl)noc2c2c(C(F)(F)F)n(-c3ccccc3Br)nc21. The van der Waals surface area contributed by atoms with Gasteiger partial charge in [-0.05, 0) is 40.2 Å². The fourth-order valence-electron chi connectivity index (χ4n) is 3.74. The zero-order chi connectivity index (χ0) is 24.4. The summed E-state index contributed by atoms with van der Waals surface area (Å²) >= 11 is 9.33. The van der Waals surface area contributed by atoms with E-state index < -0.39 is 45.2 Å². The van der Waals surface area contributed by atoms with E-state index in [1.54, 1.807) is 6.07 Å². The van der Waals surface area contributed by atoms with Gasteiger partial charge < -0.3 is 9.36 Å². The first kappa shape index (κ1) is 22.4. The second-order valence-corrected chi connectivity index (χ2v) is 8.28. The molecule has 0 aliphatic heterocycles. The van der Waals surface area contributed by atoms with Gasteiger partial charge in [0.15, 0.2) is 11.3 Å². The Hall–Kier alpha value is -3.38. The van der Waals surface area contributed by atoms with Gasteiger partial charge in [-0.3, -0.25) is 4.79 Å². The number of alkyl halides is 3. The van der Waals surface area contributed by atoms with E-state index in [0.717, 1.165) is 13.2 Å². The van der Waals surface area contributed by atoms with Crippen LogP contribution in [0.25, 0.3) is 38.9 Å². The van der Waals surface area contributed by atoms with Crippen molar-refractivity contribution in [3.8, 4) is 16.9 Å². The third-order valence-electron chi connectivity index (χ3n) is 5.11. The summed E-state index contributed by atoms with van der Waals surface area (Å²) < 4.78 is 64.5. The van der Waals surface area contributed by atoms with Crippen molar-refractivity contribution < 1.29 is 26.9 Å². The average molecular weight is 558 g/mol. The van der Waals surface area contributed by atoms with Gasteiger partial charge in [-0.15, -0.1) is 9.83 Å². The maximum Gasteiger partial charge on any atom is 0.434 e. The van der Waals surface area contributed by atoms with Gasteiger partial charge in [0.25, 0.3) is 5.56 Å². The Morgan fingerprint density at radius 1 is 1.12 bits per heavy atom. The molecule has 0 bridgehead atoms. The van der Waals surface area contributed by atoms with E-state index in [1.807, 2.05) is 0 Å². The average Bonchev–Trinajstić information content (AvgIpc) is 3.37. The van der Waals surface area contributed by atoms with E-state index in [0.29, 0.717) is 13.9 Å². The number of benzene rings is 2. The van der Waals surface area contributed by atoms with Crippen LogP contribution in [0.15, 0.2) is 56.3 Å². The van der Waals surface area contributed by atoms with Crippen LogP contribution in [0, 0.1) is 5.82 Å². The molecule has 13 heteroatoms. The molecule has 0 unspecified atom stereocenters. The Labute approximate surface area is 200 Å². The minimum Gasteiger partial charge on any atom is -0.412 e. The summed E-state index contributed by atoms with van der Waals surface area (Å²) in [6.07, 6.45) is -4.95. The van der Waals surface area contributed by atoms with Crippen molar-refractivity contribution in [2.45, 2.75) is 6.18 Å². The van der Waals surface area contributed by atoms with E-state index >= 15 is 0 Å². The maximum absolute atomic E-state index is 14.6. The number of halogens is 6. The van der Waals surface area contributed by atoms with Gasteiger partial charge in [0, 0.05) is 4.47 Å². The minimum atomic E-state index is -4.95. The molecule has 5 aromatic rings. The highest BCUT2D eigenvalue weighted by Gasteiger charge is 2.42. The smallest absolute Gasteiger partial charge is 0.412 e. The number of hydrogen-bond donors (Lipinski definition) is 0. The highest BCUT2D eigenvalue weighted by molar-refractivity contribution is 9.10. The lowest BCUT2D eigenvalue weighted by molar-refractivity contribution is -0.141. The molecule has 0 fully saturated rings. The van der Waals surface area contributed by atoms with Gasteiger partial charge in [0.2, 0.25) is 5.65 Å². The van der Waals surface area contributed by atoms with Crippen LogP contribution >= 0.6 is 27.5 Å². The van der Waals surface area contributed by atoms with Crippen LogP contribution in [-0.2, 0) is 6.18 Å². The number of aromatic nitrogens is 4. The molecule has 2 aromatic carbocycles. The van der Waals surface area contributed by atoms with Crippen molar-refractivity contribution in [2.24, 2.45) is 0 Å². The molecule has 174 valence electrons. The molecule has 0 amide bonds. The lowest BCUT2D eigenvalue weighted by Gasteiger charge is -2.11. The van der Waals surface area contributed by atoms with Gasteiger partial charge in [0.1, 0.15) is 24.0 Å². The second-order valence-electron chi connectivity index (χ2n) is 7.02. The molecule has 0 atom stereocenters. The monoisotopic (exact) mass is 556 g/mol. The van der Waals surface area contributed by atoms with Crippen LogP contribution in [0.3, 0.4) is 0 Å². The van der Waals surface area contributed by atoms with Crippen LogP contribution < -0.4 is 10.4 Å². The summed E-state index contributed by atoms with van der Waals surface area (Å²) in [6.45, 7) is 0. The molecular formula is C21H10BrClF4N4O3. The van der Waals surface area contributed by atoms with Gasteiger partial charge in [-0.1, -0.05) is 35.0 Å². The fraction of sp³-hybridized carbons (Fsp3) is 0.0952. The van der Waals surface area contributed by atoms with Crippen LogP contribution in [0.1, 0.15) is 5.69 Å². The topological polar surface area (TPSA) is 75.1 Å². The van der Waals surface area contributed by atoms with Gasteiger partial charge >= 0.3 is 6.18 Å². The Kier molecular flexibility index (Phi) is 5.17. The van der Waals surface area contributed by atoms with Crippen LogP contribution in [0.4, 0.5) is 17.6 Å². The van der Waals surface area contributed by atoms with Crippen molar-refractivity contribution in [3.63, 3.8) is 0 Å². The molecule has 0 N–H and O–H groups in total. The summed E-state index contributed by atoms with van der Waals surface area (Å²) in [7, 11) is 1.08. The van der Waals surface area contributed by atoms with Gasteiger partial charge in [-0.2, -0.15) is 13.2 Å². The van der Waals surface area contributed by atoms with E-state index in [4.69, 9.17) is 21.0 Å². The van der Waals surface area contributed by atoms with Crippen LogP contribution in [0.2, 0.25) is 5.02 Å². The van der Waals surface area contributed by atoms with Crippen molar-refractivity contribution in [2.75, 3.05) is 7.11 Å². The van der Waals surface area contributed by atoms with Crippen LogP contribution in [0.5, 0.6) is 0 Å². The van der Waals surface area contributed by atoms with Crippen LogP contribution in [-0.4, -0.2) is 26.8 Å². The van der Waals surface area contributed by atoms with Crippen molar-refractivity contribution in [1.82, 2.24) is 19.7 Å². The molecule has 5 rings (SSSR count). The number of fused-ring (bicyclic) bond motifs is 3. The Bertz CT molecular complexity index is 1640. The van der Waals surface area contributed by atoms with E-state index in [2.05, 4.69) is 26.2 Å². The molecule has 0 saturated carbocycles. The Balaban J connectivity index is 2.01. The lowest BCUT2D eigenvalue weighted by Crippen LogP contribution is -2.25. The number of rotatable bonds is 3. The summed E-state index contributed by atoms with van der Waals surface area (Å²) in [4.78, 5) is 18.3. The third kappa shape index (κ3) is 3.20. The molecule has 7 nitrogen and oxygen atoms in total. The lowest BCUT2D eigenvalue weighted by atomic mass is 10.1. The van der Waals surface area contributed by atoms with Crippen molar-refractivity contribution >= 4 is 49.5 Å². The quantitative estimate of drug-likeness (QED) is 0.269. The standard InChI is InChI=1S/C21H10BrClF4N4O3/c1-33-31-19-15(18(21(25,26)27)30(28-19)12-8-3-2-5-9(12)22)17-14(20(31)32)16(29-34-17)13-10(23)6-4-7-11(13)24/h2-8H,1H3. The van der Waals surface area contributed by atoms with E-state index in [1.165, 1.54) is 30.3 Å². The zero-order valence-corrected chi connectivity index (χ0v) is 19.2. The molecule has 0 spiro atoms. The molecular weight excluding hydrogens is 548 g/mol. The summed E-state index contributed by atoms with van der Waals surface area (Å²) in [5, 5.41) is 6.59. The van der Waals surface area contributed by atoms with Gasteiger partial charge in [-0.25, -0.2) is 9.07 Å². The molecule has 0 aliphatic carbocycles. The first-order valence-electron chi connectivity index (χ1n) is 9.43. The Morgan fingerprint density at radius 2 is 1.85 bits per heavy atom. The Morgan fingerprint density at radius 3 is 2.50 bits per heavy atom. The summed E-state index contributed by atoms with van der Waals surface area (Å²) in [5.41, 5.74) is -3.81. The number of para-hydroxylation sites is 1. The fourth-order valence-corrected chi connectivity index (χ4v) is 4.44. The van der Waals surface area contributed by atoms with E-state index in [-0.39, 0.29) is 22.0 Å². The highest BCUT2D eigenvalue weighted by atomic mass is 79.9. The summed E-state index contributed by atoms with van der Waals surface area (Å²) in [5.74, 6) is -0.842. The predicted molar refractivity (Wildman–Crippen MR) is 119 cm³/mol. The minimum absolute atomic E-state index is 0.0474. The first-order valence-corrected chi connectivity index (χ1v) is 10.6. The number of nitrogens with zero attached hydrogens (tertiary/aromatic N) is 4. The predicted octanol–water partition coefficient (Wildman–Crippen LogP) is 5.63. The maximum atomic E-state index is 14.6. The third-order valence-corrected chi connectivity index (χ3v) is 6.09. The normalized spacial score (nSPS) is 12.1. The second kappa shape index (κ2) is 7.84. The highest BCUT2D eigenvalue weighted by Crippen LogP contribution is 2.42. The summed E-state index contributed by atoms with van der Waals surface area (Å²) in [6, 6.07) is 9.84. The number of pyridine rings is 1. The van der Waals surface area contributed by atoms with Crippen molar-refractivity contribution in [3.05, 3.63) is 73.8 Å². The first-order chi connectivity index (χ1) is 16.1. The molecule has 3 aromatic heterocycles. The molecule has 34 heavy (non-hydrogen) atoms. The van der Waals surface area contributed by atoms with E-state index in [9.17, 15) is 22.4 Å². The molecule has 3 heterocycles. The molecule has 0 saturated heterocycles.